The third kappa shape index (κ3) is 2.74. The Morgan fingerprint density at radius 3 is 2.43 bits per heavy atom. The van der Waals surface area contributed by atoms with Gasteiger partial charge in [-0.15, -0.1) is 0 Å². The maximum Gasteiger partial charge on any atom is 0.469 e. The Bertz CT molecular complexity index is 275. The van der Waals surface area contributed by atoms with Crippen LogP contribution in [-0.2, 0) is 13.8 Å². The van der Waals surface area contributed by atoms with E-state index in [4.69, 9.17) is 20.3 Å². The summed E-state index contributed by atoms with van der Waals surface area (Å²) >= 11 is 0. The number of aliphatic hydroxyl groups excluding tert-OH is 2. The average molecular weight is 227 g/mol. The highest BCUT2D eigenvalue weighted by Gasteiger charge is 2.41. The Balaban J connectivity index is 2.48. The van der Waals surface area contributed by atoms with Crippen LogP contribution in [0.4, 0.5) is 0 Å². The normalized spacial score (nSPS) is 33.1. The quantitative estimate of drug-likeness (QED) is 0.358. The van der Waals surface area contributed by atoms with Crippen molar-refractivity contribution in [2.75, 3.05) is 6.61 Å². The Morgan fingerprint density at radius 2 is 2.07 bits per heavy atom. The van der Waals surface area contributed by atoms with E-state index in [2.05, 4.69) is 9.26 Å². The molecule has 0 unspecified atom stereocenters. The molecule has 0 amide bonds. The molecule has 1 rings (SSSR count). The lowest BCUT2D eigenvalue weighted by molar-refractivity contribution is -0.00155. The van der Waals surface area contributed by atoms with E-state index >= 15 is 0 Å². The molecule has 0 aliphatic carbocycles. The van der Waals surface area contributed by atoms with Gasteiger partial charge in [-0.25, -0.2) is 4.57 Å². The first-order valence-electron chi connectivity index (χ1n) is 3.62. The second kappa shape index (κ2) is 3.93. The van der Waals surface area contributed by atoms with Gasteiger partial charge in [0.25, 0.3) is 0 Å². The molecule has 9 heteroatoms. The Morgan fingerprint density at radius 1 is 1.50 bits per heavy atom. The van der Waals surface area contributed by atoms with Gasteiger partial charge >= 0.3 is 7.82 Å². The van der Waals surface area contributed by atoms with Crippen molar-refractivity contribution in [2.24, 2.45) is 0 Å². The van der Waals surface area contributed by atoms with Crippen LogP contribution in [0.5, 0.6) is 0 Å². The zero-order valence-electron chi connectivity index (χ0n) is 6.90. The third-order valence-corrected chi connectivity index (χ3v) is 2.14. The summed E-state index contributed by atoms with van der Waals surface area (Å²) in [5.74, 6) is -0.545. The van der Waals surface area contributed by atoms with Crippen LogP contribution in [-0.4, -0.2) is 50.8 Å². The minimum Gasteiger partial charge on any atom is -0.470 e. The fourth-order valence-corrected chi connectivity index (χ4v) is 1.31. The molecular weight excluding hydrogens is 217 g/mol. The van der Waals surface area contributed by atoms with Gasteiger partial charge in [-0.3, -0.25) is 9.93 Å². The Hall–Kier alpha value is -0.500. The van der Waals surface area contributed by atoms with Crippen molar-refractivity contribution < 1.29 is 33.8 Å². The smallest absolute Gasteiger partial charge is 0.469 e. The summed E-state index contributed by atoms with van der Waals surface area (Å²) in [5, 5.41) is 25.2. The van der Waals surface area contributed by atoms with E-state index in [1.54, 1.807) is 0 Å². The minimum atomic E-state index is -4.63. The lowest BCUT2D eigenvalue weighted by atomic mass is 10.1. The molecule has 3 atom stereocenters. The van der Waals surface area contributed by atoms with E-state index in [9.17, 15) is 9.67 Å². The number of hydrogen-bond acceptors (Lipinski definition) is 6. The van der Waals surface area contributed by atoms with Gasteiger partial charge in [-0.2, -0.15) is 0 Å². The Labute approximate surface area is 78.8 Å². The highest BCUT2D eigenvalue weighted by molar-refractivity contribution is 7.46. The van der Waals surface area contributed by atoms with Crippen molar-refractivity contribution in [2.45, 2.75) is 18.3 Å². The molecule has 1 heterocycles. The number of ether oxygens (including phenoxy) is 1. The molecule has 1 fully saturated rings. The van der Waals surface area contributed by atoms with Crippen molar-refractivity contribution in [3.63, 3.8) is 0 Å². The molecule has 8 nitrogen and oxygen atoms in total. The van der Waals surface area contributed by atoms with Gasteiger partial charge < -0.3 is 24.7 Å². The summed E-state index contributed by atoms with van der Waals surface area (Å²) in [6.45, 7) is -0.592. The van der Waals surface area contributed by atoms with Crippen molar-refractivity contribution in [1.29, 1.82) is 5.41 Å². The fourth-order valence-electron chi connectivity index (χ4n) is 0.964. The minimum absolute atomic E-state index is 0.545. The van der Waals surface area contributed by atoms with Crippen LogP contribution >= 0.6 is 7.82 Å². The molecule has 82 valence electrons. The van der Waals surface area contributed by atoms with Gasteiger partial charge in [0.15, 0.2) is 12.2 Å². The van der Waals surface area contributed by atoms with Gasteiger partial charge in [-0.1, -0.05) is 0 Å². The van der Waals surface area contributed by atoms with Crippen LogP contribution in [0.25, 0.3) is 0 Å². The molecule has 0 bridgehead atoms. The monoisotopic (exact) mass is 227 g/mol. The summed E-state index contributed by atoms with van der Waals surface area (Å²) in [6, 6.07) is 0. The van der Waals surface area contributed by atoms with E-state index < -0.39 is 38.6 Å². The predicted molar refractivity (Wildman–Crippen MR) is 42.6 cm³/mol. The summed E-state index contributed by atoms with van der Waals surface area (Å²) in [7, 11) is -4.63. The number of aliphatic hydroxyl groups is 2. The number of nitrogens with one attached hydrogen (secondary N) is 1. The molecule has 1 aliphatic heterocycles. The van der Waals surface area contributed by atoms with Crippen molar-refractivity contribution in [3.05, 3.63) is 0 Å². The standard InChI is InChI=1S/C5H10NO7P/c6-5-4(8)3(7)2(13-5)1-12-14(9,10)11/h2-4,6-8H,1H2,(H2,9,10,11)/t2-,3-,4-/m1/s1. The molecular formula is C5H10NO7P. The van der Waals surface area contributed by atoms with Crippen LogP contribution in [0.15, 0.2) is 0 Å². The molecule has 0 saturated carbocycles. The fraction of sp³-hybridized carbons (Fsp3) is 0.800. The van der Waals surface area contributed by atoms with Gasteiger partial charge in [0.2, 0.25) is 5.90 Å². The number of hydrogen-bond donors (Lipinski definition) is 5. The molecule has 0 spiro atoms. The van der Waals surface area contributed by atoms with Crippen LogP contribution in [0, 0.1) is 5.41 Å². The first kappa shape index (κ1) is 11.6. The second-order valence-corrected chi connectivity index (χ2v) is 3.98. The summed E-state index contributed by atoms with van der Waals surface area (Å²) in [5.41, 5.74) is 0. The number of phosphoric ester groups is 1. The van der Waals surface area contributed by atoms with E-state index in [-0.39, 0.29) is 0 Å². The van der Waals surface area contributed by atoms with Crippen LogP contribution in [0.2, 0.25) is 0 Å². The maximum atomic E-state index is 10.3. The van der Waals surface area contributed by atoms with Crippen molar-refractivity contribution >= 4 is 13.7 Å². The number of phosphoric acid groups is 1. The SMILES string of the molecule is N=C1O[C@H](COP(=O)(O)O)[C@@H](O)[C@H]1O. The van der Waals surface area contributed by atoms with E-state index in [1.807, 2.05) is 0 Å². The van der Waals surface area contributed by atoms with E-state index in [1.165, 1.54) is 0 Å². The average Bonchev–Trinajstić information content (AvgIpc) is 2.28. The summed E-state index contributed by atoms with van der Waals surface area (Å²) < 4.78 is 18.9. The molecule has 5 N–H and O–H groups in total. The zero-order chi connectivity index (χ0) is 10.9. The molecule has 14 heavy (non-hydrogen) atoms. The van der Waals surface area contributed by atoms with Crippen molar-refractivity contribution in [1.82, 2.24) is 0 Å². The van der Waals surface area contributed by atoms with Crippen LogP contribution < -0.4 is 0 Å². The topological polar surface area (TPSA) is 140 Å². The third-order valence-electron chi connectivity index (χ3n) is 1.66. The molecule has 0 aromatic carbocycles. The van der Waals surface area contributed by atoms with Gasteiger partial charge in [0.1, 0.15) is 6.10 Å². The highest BCUT2D eigenvalue weighted by Crippen LogP contribution is 2.36. The summed E-state index contributed by atoms with van der Waals surface area (Å²) in [6.07, 6.45) is -4.01. The van der Waals surface area contributed by atoms with Crippen molar-refractivity contribution in [3.8, 4) is 0 Å². The van der Waals surface area contributed by atoms with Gasteiger partial charge in [-0.05, 0) is 0 Å². The van der Waals surface area contributed by atoms with Gasteiger partial charge in [0.05, 0.1) is 6.61 Å². The molecule has 1 aliphatic rings. The van der Waals surface area contributed by atoms with Gasteiger partial charge in [0, 0.05) is 0 Å². The predicted octanol–water partition coefficient (Wildman–Crippen LogP) is -1.81. The number of rotatable bonds is 3. The lowest BCUT2D eigenvalue weighted by Crippen LogP contribution is -2.33. The van der Waals surface area contributed by atoms with E-state index in [0.717, 1.165) is 0 Å². The Kier molecular flexibility index (Phi) is 3.25. The maximum absolute atomic E-state index is 10.3. The molecule has 1 saturated heterocycles. The van der Waals surface area contributed by atoms with Crippen LogP contribution in [0.3, 0.4) is 0 Å². The zero-order valence-corrected chi connectivity index (χ0v) is 7.79. The second-order valence-electron chi connectivity index (χ2n) is 2.74. The lowest BCUT2D eigenvalue weighted by Gasteiger charge is -2.13. The van der Waals surface area contributed by atoms with Crippen LogP contribution in [0.1, 0.15) is 0 Å². The van der Waals surface area contributed by atoms with E-state index in [0.29, 0.717) is 0 Å². The molecule has 0 aromatic rings. The molecule has 0 radical (unpaired) electrons. The first-order chi connectivity index (χ1) is 6.31. The highest BCUT2D eigenvalue weighted by atomic mass is 31.2. The largest absolute Gasteiger partial charge is 0.470 e. The first-order valence-corrected chi connectivity index (χ1v) is 5.15. The molecule has 0 aromatic heterocycles. The summed E-state index contributed by atoms with van der Waals surface area (Å²) in [4.78, 5) is 16.7.